The van der Waals surface area contributed by atoms with Crippen molar-refractivity contribution in [1.29, 1.82) is 0 Å². The molecule has 3 aromatic rings. The van der Waals surface area contributed by atoms with Gasteiger partial charge in [-0.15, -0.1) is 0 Å². The monoisotopic (exact) mass is 417 g/mol. The molecule has 0 bridgehead atoms. The number of hydrogen-bond acceptors (Lipinski definition) is 5. The van der Waals surface area contributed by atoms with E-state index in [1.807, 2.05) is 36.4 Å². The van der Waals surface area contributed by atoms with Crippen molar-refractivity contribution in [1.82, 2.24) is 19.5 Å². The summed E-state index contributed by atoms with van der Waals surface area (Å²) in [6, 6.07) is 14.5. The molecular formula is C22H16ClN5O2. The van der Waals surface area contributed by atoms with Crippen LogP contribution in [0.25, 0.3) is 28.3 Å². The lowest BCUT2D eigenvalue weighted by Crippen LogP contribution is -2.16. The molecule has 0 saturated carbocycles. The number of imidazole rings is 1. The first-order valence-corrected chi connectivity index (χ1v) is 9.61. The van der Waals surface area contributed by atoms with Gasteiger partial charge < -0.3 is 15.1 Å². The van der Waals surface area contributed by atoms with Crippen molar-refractivity contribution in [3.63, 3.8) is 0 Å². The highest BCUT2D eigenvalue weighted by Crippen LogP contribution is 2.29. The molecule has 5 rings (SSSR count). The fourth-order valence-electron chi connectivity index (χ4n) is 3.37. The van der Waals surface area contributed by atoms with Crippen LogP contribution in [0, 0.1) is 0 Å². The number of halogens is 1. The number of pyridine rings is 1. The number of anilines is 1. The predicted octanol–water partition coefficient (Wildman–Crippen LogP) is 4.15. The number of nitrogen functional groups attached to an aromatic ring is 1. The molecule has 0 saturated heterocycles. The average Bonchev–Trinajstić information content (AvgIpc) is 3.37. The standard InChI is InChI=1S/C22H16ClN5O2/c23-19-10-14(7-8-25-19)20-21-27-17(11-16-2-1-9-30-16)22(29)28(21)12-18(26-20)13-3-5-15(24)6-4-13/h1-10,12,26H,11,24H2. The number of nitrogens with two attached hydrogens (primary N) is 1. The van der Waals surface area contributed by atoms with Crippen LogP contribution in [0.4, 0.5) is 5.69 Å². The van der Waals surface area contributed by atoms with E-state index in [9.17, 15) is 4.79 Å². The van der Waals surface area contributed by atoms with Crippen molar-refractivity contribution in [3.05, 3.63) is 94.1 Å². The average molecular weight is 418 g/mol. The Kier molecular flexibility index (Phi) is 4.37. The Morgan fingerprint density at radius 1 is 1.13 bits per heavy atom. The summed E-state index contributed by atoms with van der Waals surface area (Å²) in [5.74, 6) is 1.18. The number of rotatable bonds is 4. The van der Waals surface area contributed by atoms with Crippen molar-refractivity contribution >= 4 is 17.3 Å². The second-order valence-electron chi connectivity index (χ2n) is 6.85. The highest BCUT2D eigenvalue weighted by molar-refractivity contribution is 6.29. The Balaban J connectivity index is 1.74. The number of nitrogens with zero attached hydrogens (tertiary/aromatic N) is 3. The van der Waals surface area contributed by atoms with Crippen molar-refractivity contribution in [2.45, 2.75) is 6.42 Å². The van der Waals surface area contributed by atoms with Crippen molar-refractivity contribution < 1.29 is 4.42 Å². The number of aromatic amines is 1. The molecule has 3 N–H and O–H groups in total. The van der Waals surface area contributed by atoms with Crippen molar-refractivity contribution in [2.75, 3.05) is 5.73 Å². The van der Waals surface area contributed by atoms with Crippen molar-refractivity contribution in [2.24, 2.45) is 0 Å². The van der Waals surface area contributed by atoms with Crippen LogP contribution in [0.15, 0.2) is 76.4 Å². The van der Waals surface area contributed by atoms with Gasteiger partial charge in [0.2, 0.25) is 0 Å². The SMILES string of the molecule is Nc1ccc(-c2cn3c(=O)c(Cc4ccco4)nc-3c(-c3ccnc(Cl)c3)[nH]2)cc1. The van der Waals surface area contributed by atoms with E-state index in [-0.39, 0.29) is 5.56 Å². The number of aromatic nitrogens is 4. The van der Waals surface area contributed by atoms with E-state index in [2.05, 4.69) is 15.0 Å². The molecule has 2 aliphatic rings. The molecule has 0 atom stereocenters. The molecule has 0 aliphatic carbocycles. The zero-order chi connectivity index (χ0) is 20.7. The number of hydrogen-bond donors (Lipinski definition) is 2. The molecular weight excluding hydrogens is 402 g/mol. The smallest absolute Gasteiger partial charge is 0.278 e. The minimum Gasteiger partial charge on any atom is -0.469 e. The van der Waals surface area contributed by atoms with Crippen LogP contribution in [0.1, 0.15) is 11.5 Å². The summed E-state index contributed by atoms with van der Waals surface area (Å²) in [5.41, 5.74) is 9.73. The molecule has 0 radical (unpaired) electrons. The third-order valence-corrected chi connectivity index (χ3v) is 5.04. The quantitative estimate of drug-likeness (QED) is 0.338. The molecule has 30 heavy (non-hydrogen) atoms. The number of fused-ring (bicyclic) bond motifs is 1. The maximum Gasteiger partial charge on any atom is 0.278 e. The number of nitrogens with one attached hydrogen (secondary N) is 1. The van der Waals surface area contributed by atoms with Crippen LogP contribution in [-0.4, -0.2) is 19.5 Å². The van der Waals surface area contributed by atoms with E-state index in [1.165, 1.54) is 0 Å². The van der Waals surface area contributed by atoms with Gasteiger partial charge in [-0.2, -0.15) is 0 Å². The Morgan fingerprint density at radius 3 is 2.70 bits per heavy atom. The Bertz CT molecular complexity index is 1350. The van der Waals surface area contributed by atoms with Gasteiger partial charge in [0.1, 0.15) is 16.6 Å². The molecule has 0 spiro atoms. The second-order valence-corrected chi connectivity index (χ2v) is 7.23. The lowest BCUT2D eigenvalue weighted by molar-refractivity contribution is 0.519. The summed E-state index contributed by atoms with van der Waals surface area (Å²) in [4.78, 5) is 25.2. The van der Waals surface area contributed by atoms with Gasteiger partial charge >= 0.3 is 0 Å². The highest BCUT2D eigenvalue weighted by atomic mass is 35.5. The first-order valence-electron chi connectivity index (χ1n) is 9.23. The summed E-state index contributed by atoms with van der Waals surface area (Å²) in [7, 11) is 0. The maximum absolute atomic E-state index is 13.1. The first kappa shape index (κ1) is 18.2. The fourth-order valence-corrected chi connectivity index (χ4v) is 3.55. The molecule has 148 valence electrons. The summed E-state index contributed by atoms with van der Waals surface area (Å²) in [6.45, 7) is 0. The van der Waals surface area contributed by atoms with Crippen LogP contribution in [-0.2, 0) is 6.42 Å². The van der Waals surface area contributed by atoms with Gasteiger partial charge in [0, 0.05) is 23.6 Å². The second kappa shape index (κ2) is 7.20. The molecule has 7 nitrogen and oxygen atoms in total. The zero-order valence-electron chi connectivity index (χ0n) is 15.7. The van der Waals surface area contributed by atoms with Crippen LogP contribution in [0.2, 0.25) is 5.15 Å². The molecule has 2 aromatic heterocycles. The zero-order valence-corrected chi connectivity index (χ0v) is 16.4. The molecule has 0 unspecified atom stereocenters. The van der Waals surface area contributed by atoms with Gasteiger partial charge in [-0.25, -0.2) is 9.97 Å². The van der Waals surface area contributed by atoms with Gasteiger partial charge in [0.15, 0.2) is 5.82 Å². The summed E-state index contributed by atoms with van der Waals surface area (Å²) in [5, 5.41) is 0.349. The minimum absolute atomic E-state index is 0.200. The third-order valence-electron chi connectivity index (χ3n) is 4.83. The number of H-pyrrole nitrogens is 1. The van der Waals surface area contributed by atoms with Crippen LogP contribution in [0.3, 0.4) is 0 Å². The summed E-state index contributed by atoms with van der Waals surface area (Å²) < 4.78 is 6.94. The third kappa shape index (κ3) is 3.25. The normalized spacial score (nSPS) is 11.2. The van der Waals surface area contributed by atoms with E-state index in [0.717, 1.165) is 16.8 Å². The summed E-state index contributed by atoms with van der Waals surface area (Å²) in [6.07, 6.45) is 5.24. The van der Waals surface area contributed by atoms with E-state index >= 15 is 0 Å². The topological polar surface area (TPSA) is 103 Å². The highest BCUT2D eigenvalue weighted by Gasteiger charge is 2.22. The number of benzene rings is 1. The van der Waals surface area contributed by atoms with Crippen LogP contribution in [0.5, 0.6) is 0 Å². The molecule has 0 fully saturated rings. The largest absolute Gasteiger partial charge is 0.469 e. The van der Waals surface area contributed by atoms with Crippen molar-refractivity contribution in [3.8, 4) is 28.3 Å². The predicted molar refractivity (Wildman–Crippen MR) is 115 cm³/mol. The Morgan fingerprint density at radius 2 is 1.97 bits per heavy atom. The first-order chi connectivity index (χ1) is 14.6. The van der Waals surface area contributed by atoms with Gasteiger partial charge in [-0.1, -0.05) is 23.7 Å². The van der Waals surface area contributed by atoms with Crippen LogP contribution < -0.4 is 11.3 Å². The molecule has 4 heterocycles. The van der Waals surface area contributed by atoms with Gasteiger partial charge in [0.05, 0.1) is 24.1 Å². The number of furan rings is 1. The van der Waals surface area contributed by atoms with E-state index in [0.29, 0.717) is 40.2 Å². The maximum atomic E-state index is 13.1. The Hall–Kier alpha value is -3.84. The van der Waals surface area contributed by atoms with E-state index in [1.54, 1.807) is 35.4 Å². The molecule has 0 amide bonds. The lowest BCUT2D eigenvalue weighted by Gasteiger charge is -2.13. The minimum atomic E-state index is -0.200. The molecule has 8 heteroatoms. The Labute approximate surface area is 176 Å². The van der Waals surface area contributed by atoms with Crippen LogP contribution >= 0.6 is 11.6 Å². The molecule has 1 aromatic carbocycles. The van der Waals surface area contributed by atoms with E-state index < -0.39 is 0 Å². The lowest BCUT2D eigenvalue weighted by atomic mass is 10.1. The summed E-state index contributed by atoms with van der Waals surface area (Å²) >= 11 is 6.11. The van der Waals surface area contributed by atoms with E-state index in [4.69, 9.17) is 21.8 Å². The van der Waals surface area contributed by atoms with Gasteiger partial charge in [-0.3, -0.25) is 9.36 Å². The van der Waals surface area contributed by atoms with Gasteiger partial charge in [0.25, 0.3) is 5.56 Å². The fraction of sp³-hybridized carbons (Fsp3) is 0.0455. The van der Waals surface area contributed by atoms with Gasteiger partial charge in [-0.05, 0) is 42.0 Å². The molecule has 2 aliphatic heterocycles.